The number of nitriles is 2. The van der Waals surface area contributed by atoms with Crippen molar-refractivity contribution in [3.05, 3.63) is 86.8 Å². The van der Waals surface area contributed by atoms with Gasteiger partial charge in [-0.05, 0) is 23.8 Å². The third kappa shape index (κ3) is 3.82. The van der Waals surface area contributed by atoms with Crippen LogP contribution in [0.4, 0.5) is 5.69 Å². The van der Waals surface area contributed by atoms with Crippen LogP contribution >= 0.6 is 15.9 Å². The van der Waals surface area contributed by atoms with Gasteiger partial charge in [-0.1, -0.05) is 46.3 Å². The highest BCUT2D eigenvalue weighted by Crippen LogP contribution is 2.44. The number of ether oxygens (including phenoxy) is 2. The summed E-state index contributed by atoms with van der Waals surface area (Å²) in [5.74, 6) is -2.80. The van der Waals surface area contributed by atoms with Crippen LogP contribution in [0.3, 0.4) is 0 Å². The predicted molar refractivity (Wildman–Crippen MR) is 118 cm³/mol. The maximum absolute atomic E-state index is 13.0. The van der Waals surface area contributed by atoms with Gasteiger partial charge < -0.3 is 15.2 Å². The fraction of sp³-hybridized carbons (Fsp3) is 0.130. The molecule has 1 aliphatic heterocycles. The summed E-state index contributed by atoms with van der Waals surface area (Å²) in [6, 6.07) is 17.5. The van der Waals surface area contributed by atoms with Crippen molar-refractivity contribution in [2.45, 2.75) is 5.92 Å². The molecule has 0 amide bonds. The molecule has 0 saturated heterocycles. The van der Waals surface area contributed by atoms with Crippen LogP contribution in [0, 0.1) is 22.7 Å². The summed E-state index contributed by atoms with van der Waals surface area (Å²) in [4.78, 5) is 27.2. The van der Waals surface area contributed by atoms with Gasteiger partial charge in [0.05, 0.1) is 48.6 Å². The second-order valence-corrected chi connectivity index (χ2v) is 7.52. The van der Waals surface area contributed by atoms with E-state index in [1.54, 1.807) is 42.5 Å². The smallest absolute Gasteiger partial charge is 0.355 e. The summed E-state index contributed by atoms with van der Waals surface area (Å²) in [6.45, 7) is 0. The fourth-order valence-electron chi connectivity index (χ4n) is 3.55. The molecule has 3 rings (SSSR count). The zero-order chi connectivity index (χ0) is 23.4. The minimum absolute atomic E-state index is 0.0214. The van der Waals surface area contributed by atoms with Gasteiger partial charge in [-0.25, -0.2) is 9.59 Å². The number of allylic oxidation sites excluding steroid dienone is 1. The van der Waals surface area contributed by atoms with E-state index in [4.69, 9.17) is 15.2 Å². The Morgan fingerprint density at radius 1 is 1.03 bits per heavy atom. The van der Waals surface area contributed by atoms with Crippen molar-refractivity contribution in [1.29, 1.82) is 10.5 Å². The second kappa shape index (κ2) is 9.38. The maximum Gasteiger partial charge on any atom is 0.355 e. The predicted octanol–water partition coefficient (Wildman–Crippen LogP) is 3.22. The standard InChI is InChI=1S/C23H17BrN4O4/c1-31-22(29)19-18(13-6-4-3-5-7-13)16(12-26)21(27)28(20(19)23(30)32-2)17-10-15(24)9-8-14(17)11-25/h3-10,18H,27H2,1-2H3. The lowest BCUT2D eigenvalue weighted by atomic mass is 9.81. The van der Waals surface area contributed by atoms with Crippen molar-refractivity contribution in [1.82, 2.24) is 0 Å². The first kappa shape index (κ1) is 22.6. The van der Waals surface area contributed by atoms with Crippen LogP contribution < -0.4 is 10.6 Å². The molecule has 1 atom stereocenters. The van der Waals surface area contributed by atoms with E-state index in [1.165, 1.54) is 18.1 Å². The molecule has 0 radical (unpaired) electrons. The second-order valence-electron chi connectivity index (χ2n) is 6.61. The minimum Gasteiger partial charge on any atom is -0.466 e. The molecule has 9 heteroatoms. The topological polar surface area (TPSA) is 129 Å². The number of esters is 2. The highest BCUT2D eigenvalue weighted by atomic mass is 79.9. The molecule has 2 N–H and O–H groups in total. The average Bonchev–Trinajstić information content (AvgIpc) is 2.82. The Kier molecular flexibility index (Phi) is 6.62. The van der Waals surface area contributed by atoms with Crippen LogP contribution in [0.2, 0.25) is 0 Å². The summed E-state index contributed by atoms with van der Waals surface area (Å²) < 4.78 is 10.5. The molecular formula is C23H17BrN4O4. The van der Waals surface area contributed by atoms with E-state index in [1.807, 2.05) is 6.07 Å². The average molecular weight is 493 g/mol. The molecule has 1 unspecified atom stereocenters. The van der Waals surface area contributed by atoms with Crippen molar-refractivity contribution in [3.63, 3.8) is 0 Å². The van der Waals surface area contributed by atoms with Crippen LogP contribution in [-0.2, 0) is 19.1 Å². The molecule has 0 bridgehead atoms. The molecule has 0 fully saturated rings. The number of nitrogens with two attached hydrogens (primary N) is 1. The lowest BCUT2D eigenvalue weighted by Crippen LogP contribution is -2.41. The summed E-state index contributed by atoms with van der Waals surface area (Å²) in [6.07, 6.45) is 0. The summed E-state index contributed by atoms with van der Waals surface area (Å²) in [5, 5.41) is 19.7. The Balaban J connectivity index is 2.48. The number of halogens is 1. The van der Waals surface area contributed by atoms with Gasteiger partial charge in [-0.15, -0.1) is 0 Å². The van der Waals surface area contributed by atoms with Gasteiger partial charge in [0.1, 0.15) is 17.6 Å². The highest BCUT2D eigenvalue weighted by molar-refractivity contribution is 9.10. The number of carbonyl (C=O) groups is 2. The molecule has 0 aromatic heterocycles. The first-order chi connectivity index (χ1) is 15.4. The van der Waals surface area contributed by atoms with E-state index < -0.39 is 17.9 Å². The van der Waals surface area contributed by atoms with E-state index >= 15 is 0 Å². The SMILES string of the molecule is COC(=O)C1=C(C(=O)OC)N(c2cc(Br)ccc2C#N)C(N)=C(C#N)C1c1ccccc1. The number of hydrogen-bond acceptors (Lipinski definition) is 8. The zero-order valence-electron chi connectivity index (χ0n) is 17.1. The summed E-state index contributed by atoms with van der Waals surface area (Å²) in [5.41, 5.74) is 7.00. The molecule has 1 heterocycles. The maximum atomic E-state index is 13.0. The molecule has 2 aromatic rings. The van der Waals surface area contributed by atoms with Crippen molar-refractivity contribution < 1.29 is 19.1 Å². The Morgan fingerprint density at radius 3 is 2.25 bits per heavy atom. The van der Waals surface area contributed by atoms with Crippen molar-refractivity contribution >= 4 is 33.6 Å². The van der Waals surface area contributed by atoms with Gasteiger partial charge in [0, 0.05) is 4.47 Å². The van der Waals surface area contributed by atoms with Crippen molar-refractivity contribution in [2.24, 2.45) is 5.73 Å². The molecule has 0 saturated carbocycles. The Morgan fingerprint density at radius 2 is 1.69 bits per heavy atom. The quantitative estimate of drug-likeness (QED) is 0.643. The zero-order valence-corrected chi connectivity index (χ0v) is 18.7. The Labute approximate surface area is 192 Å². The first-order valence-electron chi connectivity index (χ1n) is 9.24. The number of rotatable bonds is 4. The summed E-state index contributed by atoms with van der Waals surface area (Å²) in [7, 11) is 2.33. The molecule has 1 aliphatic rings. The van der Waals surface area contributed by atoms with E-state index in [0.29, 0.717) is 10.0 Å². The minimum atomic E-state index is -0.975. The van der Waals surface area contributed by atoms with Gasteiger partial charge >= 0.3 is 11.9 Å². The number of methoxy groups -OCH3 is 2. The normalized spacial score (nSPS) is 15.7. The monoisotopic (exact) mass is 492 g/mol. The van der Waals surface area contributed by atoms with Crippen molar-refractivity contribution in [2.75, 3.05) is 19.1 Å². The van der Waals surface area contributed by atoms with Crippen LogP contribution in [-0.4, -0.2) is 26.2 Å². The van der Waals surface area contributed by atoms with Gasteiger partial charge in [-0.2, -0.15) is 10.5 Å². The van der Waals surface area contributed by atoms with Gasteiger partial charge in [0.25, 0.3) is 0 Å². The molecule has 160 valence electrons. The number of hydrogen-bond donors (Lipinski definition) is 1. The Hall–Kier alpha value is -4.08. The van der Waals surface area contributed by atoms with E-state index in [9.17, 15) is 20.1 Å². The van der Waals surface area contributed by atoms with Crippen LogP contribution in [0.1, 0.15) is 17.0 Å². The van der Waals surface area contributed by atoms with Gasteiger partial charge in [-0.3, -0.25) is 4.90 Å². The molecular weight excluding hydrogens is 476 g/mol. The largest absolute Gasteiger partial charge is 0.466 e. The van der Waals surface area contributed by atoms with Crippen LogP contribution in [0.25, 0.3) is 0 Å². The molecule has 0 aliphatic carbocycles. The third-order valence-electron chi connectivity index (χ3n) is 4.93. The van der Waals surface area contributed by atoms with E-state index in [-0.39, 0.29) is 33.9 Å². The molecule has 0 spiro atoms. The first-order valence-corrected chi connectivity index (χ1v) is 10.0. The lowest BCUT2D eigenvalue weighted by molar-refractivity contribution is -0.139. The van der Waals surface area contributed by atoms with Gasteiger partial charge in [0.2, 0.25) is 0 Å². The number of benzene rings is 2. The van der Waals surface area contributed by atoms with Gasteiger partial charge in [0.15, 0.2) is 0 Å². The third-order valence-corrected chi connectivity index (χ3v) is 5.42. The highest BCUT2D eigenvalue weighted by Gasteiger charge is 2.43. The van der Waals surface area contributed by atoms with Crippen LogP contribution in [0.5, 0.6) is 0 Å². The van der Waals surface area contributed by atoms with Crippen molar-refractivity contribution in [3.8, 4) is 12.1 Å². The Bertz CT molecular complexity index is 1240. The molecule has 2 aromatic carbocycles. The fourth-order valence-corrected chi connectivity index (χ4v) is 3.90. The lowest BCUT2D eigenvalue weighted by Gasteiger charge is -2.36. The number of anilines is 1. The number of nitrogens with zero attached hydrogens (tertiary/aromatic N) is 3. The molecule has 32 heavy (non-hydrogen) atoms. The molecule has 8 nitrogen and oxygen atoms in total. The summed E-state index contributed by atoms with van der Waals surface area (Å²) >= 11 is 3.34. The van der Waals surface area contributed by atoms with E-state index in [2.05, 4.69) is 22.0 Å². The van der Waals surface area contributed by atoms with Crippen LogP contribution in [0.15, 0.2) is 75.7 Å². The number of carbonyl (C=O) groups excluding carboxylic acids is 2. The van der Waals surface area contributed by atoms with E-state index in [0.717, 1.165) is 7.11 Å².